The average Bonchev–Trinajstić information content (AvgIpc) is 2.48. The van der Waals surface area contributed by atoms with Crippen LogP contribution in [0.4, 0.5) is 0 Å². The lowest BCUT2D eigenvalue weighted by Gasteiger charge is -2.48. The number of piperidine rings is 1. The van der Waals surface area contributed by atoms with E-state index in [1.165, 1.54) is 65.0 Å². The molecule has 3 aliphatic rings. The number of piperazine rings is 1. The van der Waals surface area contributed by atoms with Crippen LogP contribution in [0.25, 0.3) is 0 Å². The van der Waals surface area contributed by atoms with E-state index in [0.717, 1.165) is 11.8 Å². The molecule has 4 nitrogen and oxygen atoms in total. The van der Waals surface area contributed by atoms with Gasteiger partial charge in [0, 0.05) is 45.4 Å². The SMILES string of the molecule is COC1CC(CN2CC(C)N(CC3CCN(C)CC3)C(C)C2)C1. The zero-order valence-electron chi connectivity index (χ0n) is 15.7. The second-order valence-electron chi connectivity index (χ2n) is 8.56. The number of methoxy groups -OCH3 is 1. The third-order valence-corrected chi connectivity index (χ3v) is 6.53. The Labute approximate surface area is 143 Å². The minimum atomic E-state index is 0.542. The van der Waals surface area contributed by atoms with Crippen molar-refractivity contribution in [3.8, 4) is 0 Å². The van der Waals surface area contributed by atoms with Gasteiger partial charge in [-0.05, 0) is 71.5 Å². The third-order valence-electron chi connectivity index (χ3n) is 6.53. The molecule has 23 heavy (non-hydrogen) atoms. The maximum Gasteiger partial charge on any atom is 0.0577 e. The summed E-state index contributed by atoms with van der Waals surface area (Å²) in [5.41, 5.74) is 0. The van der Waals surface area contributed by atoms with Crippen molar-refractivity contribution in [1.82, 2.24) is 14.7 Å². The van der Waals surface area contributed by atoms with E-state index in [2.05, 4.69) is 35.6 Å². The third kappa shape index (κ3) is 4.47. The molecule has 0 N–H and O–H groups in total. The van der Waals surface area contributed by atoms with Gasteiger partial charge in [0.1, 0.15) is 0 Å². The van der Waals surface area contributed by atoms with Gasteiger partial charge in [-0.2, -0.15) is 0 Å². The normalized spacial score (nSPS) is 38.6. The topological polar surface area (TPSA) is 19.0 Å². The maximum absolute atomic E-state index is 5.43. The van der Waals surface area contributed by atoms with Gasteiger partial charge in [-0.3, -0.25) is 9.80 Å². The van der Waals surface area contributed by atoms with Crippen molar-refractivity contribution in [3.05, 3.63) is 0 Å². The van der Waals surface area contributed by atoms with Crippen molar-refractivity contribution in [1.29, 1.82) is 0 Å². The quantitative estimate of drug-likeness (QED) is 0.771. The molecule has 0 radical (unpaired) electrons. The molecule has 1 aliphatic carbocycles. The Balaban J connectivity index is 1.43. The van der Waals surface area contributed by atoms with E-state index >= 15 is 0 Å². The molecule has 2 unspecified atom stereocenters. The van der Waals surface area contributed by atoms with Gasteiger partial charge in [0.05, 0.1) is 6.10 Å². The molecule has 2 heterocycles. The highest BCUT2D eigenvalue weighted by Gasteiger charge is 2.35. The summed E-state index contributed by atoms with van der Waals surface area (Å²) in [5, 5.41) is 0. The van der Waals surface area contributed by atoms with E-state index in [4.69, 9.17) is 4.74 Å². The van der Waals surface area contributed by atoms with E-state index in [1.54, 1.807) is 0 Å². The second kappa shape index (κ2) is 7.81. The molecule has 0 bridgehead atoms. The Morgan fingerprint density at radius 2 is 1.52 bits per heavy atom. The van der Waals surface area contributed by atoms with E-state index in [1.807, 2.05) is 7.11 Å². The fraction of sp³-hybridized carbons (Fsp3) is 1.00. The van der Waals surface area contributed by atoms with Crippen molar-refractivity contribution in [2.75, 3.05) is 53.4 Å². The van der Waals surface area contributed by atoms with Crippen LogP contribution in [0.5, 0.6) is 0 Å². The molecular formula is C19H37N3O. The summed E-state index contributed by atoms with van der Waals surface area (Å²) in [6.07, 6.45) is 5.86. The highest BCUT2D eigenvalue weighted by molar-refractivity contribution is 4.90. The Hall–Kier alpha value is -0.160. The first-order valence-corrected chi connectivity index (χ1v) is 9.74. The van der Waals surface area contributed by atoms with Crippen LogP contribution in [-0.4, -0.2) is 86.3 Å². The van der Waals surface area contributed by atoms with Gasteiger partial charge in [0.15, 0.2) is 0 Å². The number of rotatable bonds is 5. The monoisotopic (exact) mass is 323 g/mol. The van der Waals surface area contributed by atoms with Crippen molar-refractivity contribution >= 4 is 0 Å². The van der Waals surface area contributed by atoms with Gasteiger partial charge in [-0.1, -0.05) is 0 Å². The van der Waals surface area contributed by atoms with Crippen molar-refractivity contribution in [2.45, 2.75) is 57.7 Å². The van der Waals surface area contributed by atoms with E-state index < -0.39 is 0 Å². The summed E-state index contributed by atoms with van der Waals surface area (Å²) in [7, 11) is 4.11. The van der Waals surface area contributed by atoms with Crippen LogP contribution in [-0.2, 0) is 4.74 Å². The van der Waals surface area contributed by atoms with Gasteiger partial charge in [-0.15, -0.1) is 0 Å². The molecule has 4 heteroatoms. The number of likely N-dealkylation sites (tertiary alicyclic amines) is 1. The van der Waals surface area contributed by atoms with Crippen LogP contribution in [0, 0.1) is 11.8 Å². The van der Waals surface area contributed by atoms with Gasteiger partial charge in [-0.25, -0.2) is 0 Å². The molecule has 0 aromatic rings. The summed E-state index contributed by atoms with van der Waals surface area (Å²) in [4.78, 5) is 8.00. The number of hydrogen-bond acceptors (Lipinski definition) is 4. The first-order valence-electron chi connectivity index (χ1n) is 9.74. The Morgan fingerprint density at radius 3 is 2.09 bits per heavy atom. The van der Waals surface area contributed by atoms with Gasteiger partial charge in [0.25, 0.3) is 0 Å². The van der Waals surface area contributed by atoms with Crippen molar-refractivity contribution in [3.63, 3.8) is 0 Å². The summed E-state index contributed by atoms with van der Waals surface area (Å²) in [5.74, 6) is 1.79. The fourth-order valence-electron chi connectivity index (χ4n) is 4.90. The molecule has 0 spiro atoms. The van der Waals surface area contributed by atoms with Crippen molar-refractivity contribution < 1.29 is 4.74 Å². The molecule has 0 aromatic carbocycles. The predicted octanol–water partition coefficient (Wildman–Crippen LogP) is 2.15. The second-order valence-corrected chi connectivity index (χ2v) is 8.56. The summed E-state index contributed by atoms with van der Waals surface area (Å²) in [6.45, 7) is 12.6. The fourth-order valence-corrected chi connectivity index (χ4v) is 4.90. The summed E-state index contributed by atoms with van der Waals surface area (Å²) >= 11 is 0. The van der Waals surface area contributed by atoms with E-state index in [-0.39, 0.29) is 0 Å². The first-order chi connectivity index (χ1) is 11.0. The molecule has 3 rings (SSSR count). The number of hydrogen-bond donors (Lipinski definition) is 0. The standard InChI is InChI=1S/C19H37N3O/c1-15-11-21(13-18-9-19(10-18)23-4)12-16(2)22(15)14-17-5-7-20(3)8-6-17/h15-19H,5-14H2,1-4H3. The molecular weight excluding hydrogens is 286 g/mol. The Bertz CT molecular complexity index is 352. The first kappa shape index (κ1) is 17.7. The Morgan fingerprint density at radius 1 is 0.913 bits per heavy atom. The van der Waals surface area contributed by atoms with Gasteiger partial charge in [0.2, 0.25) is 0 Å². The Kier molecular flexibility index (Phi) is 6.00. The lowest BCUT2D eigenvalue weighted by molar-refractivity contribution is -0.0319. The molecule has 2 saturated heterocycles. The number of ether oxygens (including phenoxy) is 1. The molecule has 0 aromatic heterocycles. The van der Waals surface area contributed by atoms with Crippen LogP contribution in [0.2, 0.25) is 0 Å². The van der Waals surface area contributed by atoms with Crippen LogP contribution in [0.3, 0.4) is 0 Å². The molecule has 3 fully saturated rings. The highest BCUT2D eigenvalue weighted by Crippen LogP contribution is 2.31. The average molecular weight is 324 g/mol. The van der Waals surface area contributed by atoms with E-state index in [0.29, 0.717) is 18.2 Å². The van der Waals surface area contributed by atoms with Crippen LogP contribution >= 0.6 is 0 Å². The van der Waals surface area contributed by atoms with Crippen LogP contribution < -0.4 is 0 Å². The maximum atomic E-state index is 5.43. The zero-order chi connectivity index (χ0) is 16.4. The smallest absolute Gasteiger partial charge is 0.0577 e. The number of nitrogens with zero attached hydrogens (tertiary/aromatic N) is 3. The molecule has 2 aliphatic heterocycles. The lowest BCUT2D eigenvalue weighted by Crippen LogP contribution is -2.59. The molecule has 1 saturated carbocycles. The van der Waals surface area contributed by atoms with Gasteiger partial charge >= 0.3 is 0 Å². The molecule has 2 atom stereocenters. The molecule has 0 amide bonds. The predicted molar refractivity (Wildman–Crippen MR) is 95.8 cm³/mol. The largest absolute Gasteiger partial charge is 0.381 e. The minimum absolute atomic E-state index is 0.542. The van der Waals surface area contributed by atoms with Crippen LogP contribution in [0.1, 0.15) is 39.5 Å². The molecule has 134 valence electrons. The van der Waals surface area contributed by atoms with Crippen LogP contribution in [0.15, 0.2) is 0 Å². The lowest BCUT2D eigenvalue weighted by atomic mass is 9.81. The minimum Gasteiger partial charge on any atom is -0.381 e. The van der Waals surface area contributed by atoms with Crippen molar-refractivity contribution in [2.24, 2.45) is 11.8 Å². The van der Waals surface area contributed by atoms with E-state index in [9.17, 15) is 0 Å². The van der Waals surface area contributed by atoms with Gasteiger partial charge < -0.3 is 9.64 Å². The zero-order valence-corrected chi connectivity index (χ0v) is 15.7. The summed E-state index contributed by atoms with van der Waals surface area (Å²) < 4.78 is 5.43. The summed E-state index contributed by atoms with van der Waals surface area (Å²) in [6, 6.07) is 1.41. The highest BCUT2D eigenvalue weighted by atomic mass is 16.5.